The van der Waals surface area contributed by atoms with E-state index in [2.05, 4.69) is 51.3 Å². The van der Waals surface area contributed by atoms with Crippen molar-refractivity contribution in [1.29, 1.82) is 0 Å². The van der Waals surface area contributed by atoms with Crippen molar-refractivity contribution in [1.82, 2.24) is 9.80 Å². The molecular weight excluding hydrogens is 260 g/mol. The van der Waals surface area contributed by atoms with E-state index in [-0.39, 0.29) is 5.41 Å². The quantitative estimate of drug-likeness (QED) is 0.782. The Morgan fingerprint density at radius 2 is 1.24 bits per heavy atom. The second-order valence-electron chi connectivity index (χ2n) is 8.45. The van der Waals surface area contributed by atoms with E-state index in [0.717, 1.165) is 26.2 Å². The van der Waals surface area contributed by atoms with Gasteiger partial charge in [0, 0.05) is 26.2 Å². The SMILES string of the molecule is CC(C)[C@H]1CN2CC(C)(C)CN3C[C@H](C(C)C)N=C3C2=N1. The third kappa shape index (κ3) is 2.69. The molecule has 0 spiro atoms. The van der Waals surface area contributed by atoms with Crippen molar-refractivity contribution in [3.05, 3.63) is 0 Å². The van der Waals surface area contributed by atoms with E-state index >= 15 is 0 Å². The van der Waals surface area contributed by atoms with E-state index in [1.165, 1.54) is 11.7 Å². The Bertz CT molecular complexity index is 433. The van der Waals surface area contributed by atoms with Crippen LogP contribution in [-0.2, 0) is 0 Å². The van der Waals surface area contributed by atoms with Gasteiger partial charge in [-0.2, -0.15) is 0 Å². The van der Waals surface area contributed by atoms with Gasteiger partial charge in [-0.3, -0.25) is 9.98 Å². The van der Waals surface area contributed by atoms with Gasteiger partial charge in [0.1, 0.15) is 0 Å². The minimum absolute atomic E-state index is 0.287. The van der Waals surface area contributed by atoms with E-state index in [1.807, 2.05) is 0 Å². The van der Waals surface area contributed by atoms with Gasteiger partial charge in [0.2, 0.25) is 0 Å². The van der Waals surface area contributed by atoms with Gasteiger partial charge < -0.3 is 9.80 Å². The van der Waals surface area contributed by atoms with Gasteiger partial charge in [-0.25, -0.2) is 0 Å². The van der Waals surface area contributed by atoms with Crippen molar-refractivity contribution in [3.63, 3.8) is 0 Å². The van der Waals surface area contributed by atoms with Crippen LogP contribution in [0.3, 0.4) is 0 Å². The highest BCUT2D eigenvalue weighted by atomic mass is 15.4. The molecule has 1 fully saturated rings. The molecule has 0 aromatic carbocycles. The predicted molar refractivity (Wildman–Crippen MR) is 89.0 cm³/mol. The lowest BCUT2D eigenvalue weighted by Gasteiger charge is -2.31. The summed E-state index contributed by atoms with van der Waals surface area (Å²) in [6.07, 6.45) is 0. The maximum absolute atomic E-state index is 5.04. The second-order valence-corrected chi connectivity index (χ2v) is 8.45. The molecule has 3 rings (SSSR count). The van der Waals surface area contributed by atoms with E-state index in [4.69, 9.17) is 9.98 Å². The molecule has 3 aliphatic heterocycles. The fourth-order valence-electron chi connectivity index (χ4n) is 3.66. The lowest BCUT2D eigenvalue weighted by atomic mass is 9.92. The first kappa shape index (κ1) is 14.9. The average molecular weight is 290 g/mol. The summed E-state index contributed by atoms with van der Waals surface area (Å²) in [5, 5.41) is 0. The summed E-state index contributed by atoms with van der Waals surface area (Å²) >= 11 is 0. The summed E-state index contributed by atoms with van der Waals surface area (Å²) in [4.78, 5) is 15.1. The Kier molecular flexibility index (Phi) is 3.53. The van der Waals surface area contributed by atoms with Crippen LogP contribution < -0.4 is 0 Å². The zero-order chi connectivity index (χ0) is 15.4. The van der Waals surface area contributed by atoms with Crippen LogP contribution in [-0.4, -0.2) is 59.7 Å². The monoisotopic (exact) mass is 290 g/mol. The maximum atomic E-state index is 5.04. The molecule has 0 unspecified atom stereocenters. The normalized spacial score (nSPS) is 31.2. The molecule has 0 saturated carbocycles. The fraction of sp³-hybridized carbons (Fsp3) is 0.882. The van der Waals surface area contributed by atoms with Crippen molar-refractivity contribution in [2.45, 2.75) is 53.6 Å². The van der Waals surface area contributed by atoms with Gasteiger partial charge in [-0.1, -0.05) is 41.5 Å². The average Bonchev–Trinajstić information content (AvgIpc) is 2.90. The highest BCUT2D eigenvalue weighted by Crippen LogP contribution is 2.31. The van der Waals surface area contributed by atoms with Gasteiger partial charge in [-0.05, 0) is 17.3 Å². The highest BCUT2D eigenvalue weighted by Gasteiger charge is 2.43. The van der Waals surface area contributed by atoms with Crippen molar-refractivity contribution in [3.8, 4) is 0 Å². The number of nitrogens with zero attached hydrogens (tertiary/aromatic N) is 4. The Morgan fingerprint density at radius 3 is 1.57 bits per heavy atom. The largest absolute Gasteiger partial charge is 0.351 e. The summed E-state index contributed by atoms with van der Waals surface area (Å²) in [6, 6.07) is 0.855. The first-order valence-corrected chi connectivity index (χ1v) is 8.43. The Labute approximate surface area is 129 Å². The molecule has 0 aromatic heterocycles. The van der Waals surface area contributed by atoms with E-state index in [1.54, 1.807) is 0 Å². The molecule has 0 bridgehead atoms. The van der Waals surface area contributed by atoms with Gasteiger partial charge >= 0.3 is 0 Å². The van der Waals surface area contributed by atoms with Gasteiger partial charge in [0.25, 0.3) is 0 Å². The fourth-order valence-corrected chi connectivity index (χ4v) is 3.66. The predicted octanol–water partition coefficient (Wildman–Crippen LogP) is 2.50. The smallest absolute Gasteiger partial charge is 0.167 e. The third-order valence-electron chi connectivity index (χ3n) is 4.97. The summed E-state index contributed by atoms with van der Waals surface area (Å²) < 4.78 is 0. The number of hydrogen-bond acceptors (Lipinski definition) is 4. The molecule has 0 N–H and O–H groups in total. The minimum Gasteiger partial charge on any atom is -0.351 e. The molecule has 21 heavy (non-hydrogen) atoms. The molecule has 0 amide bonds. The molecule has 118 valence electrons. The Balaban J connectivity index is 1.96. The topological polar surface area (TPSA) is 31.2 Å². The third-order valence-corrected chi connectivity index (χ3v) is 4.97. The maximum Gasteiger partial charge on any atom is 0.167 e. The number of amidine groups is 2. The standard InChI is InChI=1S/C17H30N4/c1-11(2)13-7-20-9-17(5,6)10-21-8-14(12(3)4)19-16(21)15(20)18-13/h11-14H,7-10H2,1-6H3/t13-,14-/m1/s1. The van der Waals surface area contributed by atoms with Crippen LogP contribution in [0, 0.1) is 17.3 Å². The lowest BCUT2D eigenvalue weighted by molar-refractivity contribution is 0.209. The molecular formula is C17H30N4. The van der Waals surface area contributed by atoms with Crippen molar-refractivity contribution < 1.29 is 0 Å². The zero-order valence-electron chi connectivity index (χ0n) is 14.4. The molecule has 1 saturated heterocycles. The molecule has 4 heteroatoms. The number of aliphatic imine (C=N–C) groups is 2. The van der Waals surface area contributed by atoms with Gasteiger partial charge in [-0.15, -0.1) is 0 Å². The van der Waals surface area contributed by atoms with E-state index < -0.39 is 0 Å². The summed E-state index contributed by atoms with van der Waals surface area (Å²) in [5.74, 6) is 3.54. The summed E-state index contributed by atoms with van der Waals surface area (Å²) in [7, 11) is 0. The van der Waals surface area contributed by atoms with Crippen LogP contribution in [0.5, 0.6) is 0 Å². The van der Waals surface area contributed by atoms with E-state index in [9.17, 15) is 0 Å². The van der Waals surface area contributed by atoms with Gasteiger partial charge in [0.05, 0.1) is 12.1 Å². The summed E-state index contributed by atoms with van der Waals surface area (Å²) in [6.45, 7) is 18.2. The lowest BCUT2D eigenvalue weighted by Crippen LogP contribution is -2.39. The van der Waals surface area contributed by atoms with Crippen molar-refractivity contribution in [2.75, 3.05) is 26.2 Å². The molecule has 0 aromatic rings. The number of fused-ring (bicyclic) bond motifs is 3. The zero-order valence-corrected chi connectivity index (χ0v) is 14.4. The summed E-state index contributed by atoms with van der Waals surface area (Å²) in [5.41, 5.74) is 0.287. The van der Waals surface area contributed by atoms with Crippen molar-refractivity contribution in [2.24, 2.45) is 27.2 Å². The van der Waals surface area contributed by atoms with E-state index in [0.29, 0.717) is 23.9 Å². The second kappa shape index (κ2) is 4.99. The first-order chi connectivity index (χ1) is 9.77. The number of hydrogen-bond donors (Lipinski definition) is 0. The molecule has 0 radical (unpaired) electrons. The molecule has 3 heterocycles. The first-order valence-electron chi connectivity index (χ1n) is 8.43. The van der Waals surface area contributed by atoms with Crippen LogP contribution in [0.2, 0.25) is 0 Å². The molecule has 2 atom stereocenters. The van der Waals surface area contributed by atoms with Gasteiger partial charge in [0.15, 0.2) is 11.7 Å². The molecule has 4 nitrogen and oxygen atoms in total. The van der Waals surface area contributed by atoms with Crippen LogP contribution in [0.15, 0.2) is 9.98 Å². The van der Waals surface area contributed by atoms with Crippen LogP contribution in [0.1, 0.15) is 41.5 Å². The number of rotatable bonds is 2. The van der Waals surface area contributed by atoms with Crippen LogP contribution in [0.4, 0.5) is 0 Å². The Morgan fingerprint density at radius 1 is 0.857 bits per heavy atom. The van der Waals surface area contributed by atoms with Crippen molar-refractivity contribution >= 4 is 11.7 Å². The minimum atomic E-state index is 0.287. The van der Waals surface area contributed by atoms with Crippen LogP contribution >= 0.6 is 0 Å². The molecule has 3 aliphatic rings. The Hall–Kier alpha value is -1.06. The highest BCUT2D eigenvalue weighted by molar-refractivity contribution is 6.41. The molecule has 0 aliphatic carbocycles. The van der Waals surface area contributed by atoms with Crippen LogP contribution in [0.25, 0.3) is 0 Å².